The smallest absolute Gasteiger partial charge is 0.294 e. The Hall–Kier alpha value is -1.58. The van der Waals surface area contributed by atoms with E-state index < -0.39 is 10.1 Å². The minimum Gasteiger partial charge on any atom is -0.497 e. The molecule has 3 aromatic rings. The van der Waals surface area contributed by atoms with E-state index in [1.165, 1.54) is 29.6 Å². The lowest BCUT2D eigenvalue weighted by molar-refractivity contribution is 0.413. The zero-order valence-electron chi connectivity index (χ0n) is 13.1. The molecule has 0 amide bonds. The van der Waals surface area contributed by atoms with Crippen LogP contribution < -0.4 is 4.74 Å². The van der Waals surface area contributed by atoms with E-state index >= 15 is 0 Å². The van der Waals surface area contributed by atoms with Gasteiger partial charge in [-0.25, -0.2) is 0 Å². The van der Waals surface area contributed by atoms with Crippen molar-refractivity contribution in [2.75, 3.05) is 7.11 Å². The largest absolute Gasteiger partial charge is 0.497 e. The van der Waals surface area contributed by atoms with Gasteiger partial charge in [-0.3, -0.25) is 4.55 Å². The van der Waals surface area contributed by atoms with Crippen LogP contribution in [0.15, 0.2) is 53.4 Å². The molecule has 4 nitrogen and oxygen atoms in total. The van der Waals surface area contributed by atoms with Crippen molar-refractivity contribution in [2.24, 2.45) is 0 Å². The summed E-state index contributed by atoms with van der Waals surface area (Å²) in [6, 6.07) is 14.3. The Balaban J connectivity index is 2.13. The maximum Gasteiger partial charge on any atom is 0.294 e. The number of hydrogen-bond acceptors (Lipinski definition) is 6. The number of hydrogen-bond donors (Lipinski definition) is 1. The van der Waals surface area contributed by atoms with E-state index in [-0.39, 0.29) is 4.90 Å². The Morgan fingerprint density at radius 2 is 1.84 bits per heavy atom. The van der Waals surface area contributed by atoms with Crippen molar-refractivity contribution in [3.05, 3.63) is 63.5 Å². The van der Waals surface area contributed by atoms with E-state index in [4.69, 9.17) is 17.0 Å². The van der Waals surface area contributed by atoms with E-state index in [0.29, 0.717) is 21.6 Å². The van der Waals surface area contributed by atoms with Crippen molar-refractivity contribution < 1.29 is 17.7 Å². The molecule has 0 aliphatic heterocycles. The van der Waals surface area contributed by atoms with Crippen LogP contribution in [0.1, 0.15) is 11.1 Å². The highest BCUT2D eigenvalue weighted by atomic mass is 32.9. The van der Waals surface area contributed by atoms with Crippen LogP contribution in [0.3, 0.4) is 0 Å². The molecule has 8 heteroatoms. The molecule has 1 aromatic heterocycles. The summed E-state index contributed by atoms with van der Waals surface area (Å²) >= 11 is 5.46. The van der Waals surface area contributed by atoms with Crippen molar-refractivity contribution in [3.8, 4) is 16.2 Å². The number of rotatable bonds is 5. The van der Waals surface area contributed by atoms with Gasteiger partial charge < -0.3 is 4.74 Å². The minimum absolute atomic E-state index is 0.127. The molecule has 0 saturated heterocycles. The van der Waals surface area contributed by atoms with Gasteiger partial charge in [0, 0.05) is 12.0 Å². The third kappa shape index (κ3) is 3.99. The molecule has 2 aromatic carbocycles. The normalized spacial score (nSPS) is 11.4. The topological polar surface area (TPSA) is 63.6 Å². The molecule has 0 radical (unpaired) electrons. The van der Waals surface area contributed by atoms with Crippen LogP contribution in [0.25, 0.3) is 10.4 Å². The molecular formula is C17H14O4S4. The van der Waals surface area contributed by atoms with Crippen LogP contribution in [0.4, 0.5) is 0 Å². The van der Waals surface area contributed by atoms with Crippen molar-refractivity contribution in [2.45, 2.75) is 11.3 Å². The van der Waals surface area contributed by atoms with Crippen molar-refractivity contribution in [1.29, 1.82) is 0 Å². The van der Waals surface area contributed by atoms with Crippen molar-refractivity contribution in [3.63, 3.8) is 0 Å². The van der Waals surface area contributed by atoms with E-state index in [9.17, 15) is 13.0 Å². The quantitative estimate of drug-likeness (QED) is 0.362. The van der Waals surface area contributed by atoms with Crippen LogP contribution in [-0.2, 0) is 16.5 Å². The number of benzene rings is 2. The van der Waals surface area contributed by atoms with Gasteiger partial charge in [0.25, 0.3) is 10.1 Å². The first kappa shape index (κ1) is 18.2. The first-order chi connectivity index (χ1) is 11.9. The van der Waals surface area contributed by atoms with Gasteiger partial charge in [-0.15, -0.1) is 0 Å². The molecule has 0 aliphatic carbocycles. The van der Waals surface area contributed by atoms with Crippen LogP contribution in [0, 0.1) is 3.82 Å². The van der Waals surface area contributed by atoms with Crippen LogP contribution in [0.5, 0.6) is 5.75 Å². The summed E-state index contributed by atoms with van der Waals surface area (Å²) < 4.78 is 38.9. The fraction of sp³-hybridized carbons (Fsp3) is 0.118. The standard InChI is InChI=1S/C17H14O4S4/c1-21-13-7-8-15(25(18,19)20)12(9-13)10-14-16(23-24-17(14)22)11-5-3-2-4-6-11/h2-9H,10H2,1H3,(H,18,19,20). The third-order valence-electron chi connectivity index (χ3n) is 3.67. The summed E-state index contributed by atoms with van der Waals surface area (Å²) in [6.45, 7) is 0. The lowest BCUT2D eigenvalue weighted by atomic mass is 10.0. The van der Waals surface area contributed by atoms with Crippen LogP contribution >= 0.6 is 32.9 Å². The Kier molecular flexibility index (Phi) is 5.35. The van der Waals surface area contributed by atoms with E-state index in [0.717, 1.165) is 16.0 Å². The molecule has 0 spiro atoms. The lowest BCUT2D eigenvalue weighted by Gasteiger charge is -2.10. The molecule has 0 bridgehead atoms. The molecule has 1 N–H and O–H groups in total. The summed E-state index contributed by atoms with van der Waals surface area (Å²) in [6.07, 6.45) is 0.301. The molecule has 0 unspecified atom stereocenters. The van der Waals surface area contributed by atoms with E-state index in [1.807, 2.05) is 30.3 Å². The summed E-state index contributed by atoms with van der Waals surface area (Å²) in [4.78, 5) is 0.887. The van der Waals surface area contributed by atoms with Gasteiger partial charge in [-0.1, -0.05) is 63.2 Å². The first-order valence-electron chi connectivity index (χ1n) is 7.22. The highest BCUT2D eigenvalue weighted by Gasteiger charge is 2.19. The Morgan fingerprint density at radius 3 is 2.48 bits per heavy atom. The first-order valence-corrected chi connectivity index (χ1v) is 11.2. The Morgan fingerprint density at radius 1 is 1.12 bits per heavy atom. The van der Waals surface area contributed by atoms with Crippen molar-refractivity contribution >= 4 is 43.0 Å². The monoisotopic (exact) mass is 410 g/mol. The molecule has 0 fully saturated rings. The van der Waals surface area contributed by atoms with Gasteiger partial charge >= 0.3 is 0 Å². The zero-order valence-corrected chi connectivity index (χ0v) is 16.4. The SMILES string of the molecule is COc1ccc(S(=O)(=O)O)c(Cc2c(-c3ccccc3)ssc2=S)c1. The molecule has 1 heterocycles. The molecule has 0 aliphatic rings. The highest BCUT2D eigenvalue weighted by Crippen LogP contribution is 2.37. The maximum atomic E-state index is 11.7. The van der Waals surface area contributed by atoms with Gasteiger partial charge in [0.2, 0.25) is 0 Å². The second-order valence-electron chi connectivity index (χ2n) is 5.25. The minimum atomic E-state index is -4.33. The summed E-state index contributed by atoms with van der Waals surface area (Å²) in [5.41, 5.74) is 2.37. The predicted octanol–water partition coefficient (Wildman–Crippen LogP) is 5.05. The van der Waals surface area contributed by atoms with Crippen molar-refractivity contribution in [1.82, 2.24) is 0 Å². The second kappa shape index (κ2) is 7.35. The molecule has 25 heavy (non-hydrogen) atoms. The van der Waals surface area contributed by atoms with Gasteiger partial charge in [0.15, 0.2) is 0 Å². The van der Waals surface area contributed by atoms with Gasteiger partial charge in [0.05, 0.1) is 16.9 Å². The highest BCUT2D eigenvalue weighted by molar-refractivity contribution is 7.86. The van der Waals surface area contributed by atoms with E-state index in [1.54, 1.807) is 16.4 Å². The summed E-state index contributed by atoms with van der Waals surface area (Å²) in [7, 11) is 0.220. The molecule has 3 rings (SSSR count). The van der Waals surface area contributed by atoms with Gasteiger partial charge in [-0.2, -0.15) is 8.42 Å². The summed E-state index contributed by atoms with van der Waals surface area (Å²) in [5.74, 6) is 0.522. The molecular weight excluding hydrogens is 396 g/mol. The maximum absolute atomic E-state index is 11.7. The number of methoxy groups -OCH3 is 1. The zero-order chi connectivity index (χ0) is 18.0. The molecule has 0 saturated carbocycles. The fourth-order valence-corrected chi connectivity index (χ4v) is 6.12. The Labute approximate surface area is 158 Å². The average Bonchev–Trinajstić information content (AvgIpc) is 2.95. The predicted molar refractivity (Wildman–Crippen MR) is 104 cm³/mol. The summed E-state index contributed by atoms with van der Waals surface area (Å²) in [5, 5.41) is 0. The average molecular weight is 411 g/mol. The molecule has 0 atom stereocenters. The third-order valence-corrected chi connectivity index (χ3v) is 7.82. The fourth-order valence-electron chi connectivity index (χ4n) is 2.50. The molecule has 130 valence electrons. The van der Waals surface area contributed by atoms with Crippen LogP contribution in [0.2, 0.25) is 0 Å². The Bertz CT molecular complexity index is 1050. The van der Waals surface area contributed by atoms with Gasteiger partial charge in [0.1, 0.15) is 9.57 Å². The number of ether oxygens (including phenoxy) is 1. The second-order valence-corrected chi connectivity index (χ2v) is 9.46. The van der Waals surface area contributed by atoms with E-state index in [2.05, 4.69) is 0 Å². The lowest BCUT2D eigenvalue weighted by Crippen LogP contribution is -2.04. The van der Waals surface area contributed by atoms with Gasteiger partial charge in [-0.05, 0) is 29.3 Å². The van der Waals surface area contributed by atoms with Crippen LogP contribution in [-0.4, -0.2) is 20.1 Å².